The van der Waals surface area contributed by atoms with Crippen LogP contribution >= 0.6 is 11.6 Å². The van der Waals surface area contributed by atoms with Gasteiger partial charge in [-0.25, -0.2) is 4.99 Å². The van der Waals surface area contributed by atoms with Gasteiger partial charge in [0, 0.05) is 36.7 Å². The summed E-state index contributed by atoms with van der Waals surface area (Å²) in [6, 6.07) is 6.25. The van der Waals surface area contributed by atoms with Crippen molar-refractivity contribution in [1.29, 1.82) is 0 Å². The van der Waals surface area contributed by atoms with E-state index in [0.29, 0.717) is 17.0 Å². The summed E-state index contributed by atoms with van der Waals surface area (Å²) in [5.41, 5.74) is 1.00. The number of aliphatic imine (C=N–C) groups is 1. The van der Waals surface area contributed by atoms with Crippen LogP contribution in [0.4, 0.5) is 5.69 Å². The van der Waals surface area contributed by atoms with E-state index in [2.05, 4.69) is 25.8 Å². The first-order valence-corrected chi connectivity index (χ1v) is 9.89. The van der Waals surface area contributed by atoms with Crippen LogP contribution < -0.4 is 25.6 Å². The molecule has 2 fully saturated rings. The van der Waals surface area contributed by atoms with Crippen molar-refractivity contribution in [2.75, 3.05) is 38.2 Å². The molecule has 148 valence electrons. The smallest absolute Gasteiger partial charge is 0.242 e. The number of amides is 1. The van der Waals surface area contributed by atoms with E-state index in [1.807, 2.05) is 25.1 Å². The summed E-state index contributed by atoms with van der Waals surface area (Å²) in [6.07, 6.45) is 3.13. The predicted octanol–water partition coefficient (Wildman–Crippen LogP) is 1.76. The molecule has 7 nitrogen and oxygen atoms in total. The van der Waals surface area contributed by atoms with Gasteiger partial charge in [0.25, 0.3) is 0 Å². The van der Waals surface area contributed by atoms with E-state index in [-0.39, 0.29) is 18.5 Å². The topological polar surface area (TPSA) is 78.0 Å². The number of hydrogen-bond donors (Lipinski definition) is 3. The van der Waals surface area contributed by atoms with Gasteiger partial charge in [0.05, 0.1) is 12.8 Å². The van der Waals surface area contributed by atoms with Crippen molar-refractivity contribution in [2.24, 2.45) is 4.99 Å². The van der Waals surface area contributed by atoms with Gasteiger partial charge in [-0.15, -0.1) is 0 Å². The Balaban J connectivity index is 1.57. The Morgan fingerprint density at radius 3 is 2.81 bits per heavy atom. The highest BCUT2D eigenvalue weighted by Crippen LogP contribution is 2.33. The van der Waals surface area contributed by atoms with Crippen LogP contribution in [0.25, 0.3) is 0 Å². The molecule has 1 heterocycles. The van der Waals surface area contributed by atoms with Crippen LogP contribution in [0.5, 0.6) is 5.75 Å². The Morgan fingerprint density at radius 2 is 2.11 bits per heavy atom. The number of hydrogen-bond acceptors (Lipinski definition) is 4. The fourth-order valence-electron chi connectivity index (χ4n) is 3.17. The van der Waals surface area contributed by atoms with Crippen molar-refractivity contribution in [2.45, 2.75) is 38.3 Å². The number of anilines is 1. The molecule has 1 saturated heterocycles. The van der Waals surface area contributed by atoms with E-state index in [1.54, 1.807) is 7.11 Å². The number of nitrogens with one attached hydrogen (secondary N) is 3. The van der Waals surface area contributed by atoms with E-state index in [0.717, 1.165) is 50.3 Å². The first-order chi connectivity index (χ1) is 13.1. The third kappa shape index (κ3) is 5.66. The minimum atomic E-state index is -0.0218. The molecule has 3 N–H and O–H groups in total. The number of carbonyl (C=O) groups is 1. The van der Waals surface area contributed by atoms with Crippen molar-refractivity contribution in [3.8, 4) is 5.75 Å². The lowest BCUT2D eigenvalue weighted by molar-refractivity contribution is -0.119. The summed E-state index contributed by atoms with van der Waals surface area (Å²) < 4.78 is 5.47. The molecule has 8 heteroatoms. The molecule has 0 radical (unpaired) electrons. The highest BCUT2D eigenvalue weighted by Gasteiger charge is 2.26. The molecule has 2 aliphatic rings. The molecule has 27 heavy (non-hydrogen) atoms. The molecule has 1 saturated carbocycles. The van der Waals surface area contributed by atoms with Gasteiger partial charge >= 0.3 is 0 Å². The number of carbonyl (C=O) groups excluding carboxylic acids is 1. The molecule has 1 aromatic rings. The highest BCUT2D eigenvalue weighted by atomic mass is 35.5. The quantitative estimate of drug-likeness (QED) is 0.486. The van der Waals surface area contributed by atoms with E-state index >= 15 is 0 Å². The summed E-state index contributed by atoms with van der Waals surface area (Å²) in [6.45, 7) is 4.61. The molecule has 1 aromatic carbocycles. The Morgan fingerprint density at radius 1 is 1.30 bits per heavy atom. The van der Waals surface area contributed by atoms with Crippen molar-refractivity contribution in [3.05, 3.63) is 23.2 Å². The summed E-state index contributed by atoms with van der Waals surface area (Å²) >= 11 is 6.16. The molecule has 1 aliphatic carbocycles. The van der Waals surface area contributed by atoms with Gasteiger partial charge in [0.15, 0.2) is 5.96 Å². The van der Waals surface area contributed by atoms with Crippen molar-refractivity contribution in [1.82, 2.24) is 16.0 Å². The molecule has 0 aromatic heterocycles. The van der Waals surface area contributed by atoms with Crippen LogP contribution in [0, 0.1) is 0 Å². The zero-order valence-corrected chi connectivity index (χ0v) is 16.7. The first-order valence-electron chi connectivity index (χ1n) is 9.51. The molecule has 1 aliphatic heterocycles. The van der Waals surface area contributed by atoms with E-state index in [9.17, 15) is 4.79 Å². The molecule has 3 rings (SSSR count). The third-order valence-corrected chi connectivity index (χ3v) is 4.91. The molecule has 0 spiro atoms. The van der Waals surface area contributed by atoms with Crippen LogP contribution in [0.1, 0.15) is 26.2 Å². The SMILES string of the molecule is CCNC(=NCC(=O)NC1CC1)NC1CCN(c2cc(Cl)ccc2OC)C1. The average Bonchev–Trinajstić information content (AvgIpc) is 3.34. The minimum absolute atomic E-state index is 0.0218. The predicted molar refractivity (Wildman–Crippen MR) is 109 cm³/mol. The van der Waals surface area contributed by atoms with Crippen molar-refractivity contribution in [3.63, 3.8) is 0 Å². The fourth-order valence-corrected chi connectivity index (χ4v) is 3.34. The highest BCUT2D eigenvalue weighted by molar-refractivity contribution is 6.30. The number of benzene rings is 1. The fraction of sp³-hybridized carbons (Fsp3) is 0.579. The molecule has 0 bridgehead atoms. The zero-order valence-electron chi connectivity index (χ0n) is 15.9. The normalized spacial score (nSPS) is 19.7. The van der Waals surface area contributed by atoms with Crippen molar-refractivity contribution < 1.29 is 9.53 Å². The Hall–Kier alpha value is -2.15. The van der Waals surface area contributed by atoms with Gasteiger partial charge in [0.2, 0.25) is 5.91 Å². The molecular formula is C19H28ClN5O2. The maximum atomic E-state index is 11.9. The van der Waals surface area contributed by atoms with Crippen LogP contribution in [-0.4, -0.2) is 57.2 Å². The number of ether oxygens (including phenoxy) is 1. The lowest BCUT2D eigenvalue weighted by Gasteiger charge is -2.22. The van der Waals surface area contributed by atoms with Gasteiger partial charge in [0.1, 0.15) is 12.3 Å². The number of halogens is 1. The lowest BCUT2D eigenvalue weighted by Crippen LogP contribution is -2.45. The number of rotatable bonds is 7. The largest absolute Gasteiger partial charge is 0.495 e. The van der Waals surface area contributed by atoms with Crippen LogP contribution in [-0.2, 0) is 4.79 Å². The van der Waals surface area contributed by atoms with Gasteiger partial charge < -0.3 is 25.6 Å². The second kappa shape index (κ2) is 9.17. The Bertz CT molecular complexity index is 693. The van der Waals surface area contributed by atoms with Gasteiger partial charge in [-0.05, 0) is 44.4 Å². The van der Waals surface area contributed by atoms with Gasteiger partial charge in [-0.2, -0.15) is 0 Å². The Labute approximate surface area is 165 Å². The first kappa shape index (κ1) is 19.6. The van der Waals surface area contributed by atoms with Gasteiger partial charge in [-0.3, -0.25) is 4.79 Å². The number of methoxy groups -OCH3 is 1. The molecule has 1 atom stereocenters. The molecule has 1 unspecified atom stereocenters. The third-order valence-electron chi connectivity index (χ3n) is 4.68. The average molecular weight is 394 g/mol. The monoisotopic (exact) mass is 393 g/mol. The second-order valence-electron chi connectivity index (χ2n) is 6.93. The zero-order chi connectivity index (χ0) is 19.2. The second-order valence-corrected chi connectivity index (χ2v) is 7.37. The minimum Gasteiger partial charge on any atom is -0.495 e. The summed E-state index contributed by atoms with van der Waals surface area (Å²) in [5.74, 6) is 1.47. The van der Waals surface area contributed by atoms with Crippen LogP contribution in [0.3, 0.4) is 0 Å². The molecular weight excluding hydrogens is 366 g/mol. The standard InChI is InChI=1S/C19H28ClN5O2/c1-3-21-19(22-11-18(26)23-14-5-6-14)24-15-8-9-25(12-15)16-10-13(20)4-7-17(16)27-2/h4,7,10,14-15H,3,5-6,8-9,11-12H2,1-2H3,(H,23,26)(H2,21,22,24). The summed E-state index contributed by atoms with van der Waals surface area (Å²) in [7, 11) is 1.67. The maximum Gasteiger partial charge on any atom is 0.242 e. The van der Waals surface area contributed by atoms with Crippen LogP contribution in [0.2, 0.25) is 5.02 Å². The number of guanidine groups is 1. The van der Waals surface area contributed by atoms with Crippen LogP contribution in [0.15, 0.2) is 23.2 Å². The van der Waals surface area contributed by atoms with Crippen molar-refractivity contribution >= 4 is 29.2 Å². The van der Waals surface area contributed by atoms with E-state index < -0.39 is 0 Å². The number of nitrogens with zero attached hydrogens (tertiary/aromatic N) is 2. The van der Waals surface area contributed by atoms with E-state index in [1.165, 1.54) is 0 Å². The molecule has 1 amide bonds. The summed E-state index contributed by atoms with van der Waals surface area (Å²) in [4.78, 5) is 18.5. The Kier molecular flexibility index (Phi) is 6.66. The maximum absolute atomic E-state index is 11.9. The van der Waals surface area contributed by atoms with Gasteiger partial charge in [-0.1, -0.05) is 11.6 Å². The lowest BCUT2D eigenvalue weighted by atomic mass is 10.2. The summed E-state index contributed by atoms with van der Waals surface area (Å²) in [5, 5.41) is 10.3. The van der Waals surface area contributed by atoms with E-state index in [4.69, 9.17) is 16.3 Å².